The van der Waals surface area contributed by atoms with Gasteiger partial charge >= 0.3 is 0 Å². The Hall–Kier alpha value is -0.970. The second-order valence-electron chi connectivity index (χ2n) is 3.96. The molecule has 0 radical (unpaired) electrons. The van der Waals surface area contributed by atoms with Crippen LogP contribution in [0.5, 0.6) is 0 Å². The van der Waals surface area contributed by atoms with E-state index < -0.39 is 0 Å². The van der Waals surface area contributed by atoms with Crippen LogP contribution in [0.1, 0.15) is 4.88 Å². The highest BCUT2D eigenvalue weighted by Gasteiger charge is 2.08. The molecule has 0 bridgehead atoms. The molecule has 1 aromatic carbocycles. The van der Waals surface area contributed by atoms with Gasteiger partial charge in [-0.3, -0.25) is 0 Å². The van der Waals surface area contributed by atoms with Gasteiger partial charge in [0.1, 0.15) is 5.01 Å². The maximum Gasteiger partial charge on any atom is 0.124 e. The predicted octanol–water partition coefficient (Wildman–Crippen LogP) is 5.61. The van der Waals surface area contributed by atoms with Gasteiger partial charge in [0.05, 0.1) is 10.6 Å². The lowest BCUT2D eigenvalue weighted by Crippen LogP contribution is -1.77. The van der Waals surface area contributed by atoms with E-state index in [4.69, 9.17) is 4.98 Å². The number of thiazole rings is 1. The van der Waals surface area contributed by atoms with Crippen LogP contribution in [0.25, 0.3) is 21.1 Å². The monoisotopic (exact) mass is 335 g/mol. The number of benzene rings is 1. The average Bonchev–Trinajstić information content (AvgIpc) is 2.97. The molecule has 0 aliphatic heterocycles. The first kappa shape index (κ1) is 12.1. The van der Waals surface area contributed by atoms with Crippen LogP contribution in [-0.2, 0) is 0 Å². The SMILES string of the molecule is Cc1ccc(-c2csc(-c3cccc(Br)c3)n2)s1. The zero-order chi connectivity index (χ0) is 12.5. The summed E-state index contributed by atoms with van der Waals surface area (Å²) in [5, 5.41) is 3.19. The standard InChI is InChI=1S/C14H10BrNS2/c1-9-5-6-13(18-9)12-8-17-14(16-12)10-3-2-4-11(15)7-10/h2-8H,1H3. The lowest BCUT2D eigenvalue weighted by Gasteiger charge is -1.96. The number of aryl methyl sites for hydroxylation is 1. The highest BCUT2D eigenvalue weighted by Crippen LogP contribution is 2.33. The van der Waals surface area contributed by atoms with E-state index in [0.29, 0.717) is 0 Å². The zero-order valence-electron chi connectivity index (χ0n) is 9.68. The second-order valence-corrected chi connectivity index (χ2v) is 7.02. The molecule has 2 aromatic heterocycles. The highest BCUT2D eigenvalue weighted by molar-refractivity contribution is 9.10. The van der Waals surface area contributed by atoms with E-state index >= 15 is 0 Å². The Labute approximate surface area is 122 Å². The van der Waals surface area contributed by atoms with E-state index in [1.54, 1.807) is 22.7 Å². The largest absolute Gasteiger partial charge is 0.235 e. The van der Waals surface area contributed by atoms with Crippen molar-refractivity contribution in [3.63, 3.8) is 0 Å². The molecular weight excluding hydrogens is 326 g/mol. The topological polar surface area (TPSA) is 12.9 Å². The first-order valence-corrected chi connectivity index (χ1v) is 7.99. The summed E-state index contributed by atoms with van der Waals surface area (Å²) < 4.78 is 1.09. The minimum Gasteiger partial charge on any atom is -0.235 e. The molecule has 0 aliphatic rings. The van der Waals surface area contributed by atoms with Crippen LogP contribution in [0.2, 0.25) is 0 Å². The van der Waals surface area contributed by atoms with Crippen LogP contribution in [-0.4, -0.2) is 4.98 Å². The third-order valence-corrected chi connectivity index (χ3v) is 4.98. The van der Waals surface area contributed by atoms with Crippen LogP contribution in [0.4, 0.5) is 0 Å². The Morgan fingerprint density at radius 3 is 2.78 bits per heavy atom. The molecule has 0 saturated carbocycles. The molecule has 1 nitrogen and oxygen atoms in total. The Morgan fingerprint density at radius 2 is 2.06 bits per heavy atom. The molecule has 0 N–H and O–H groups in total. The summed E-state index contributed by atoms with van der Waals surface area (Å²) in [6, 6.07) is 12.5. The van der Waals surface area contributed by atoms with Gasteiger partial charge in [-0.1, -0.05) is 28.1 Å². The molecular formula is C14H10BrNS2. The van der Waals surface area contributed by atoms with Crippen LogP contribution in [0.15, 0.2) is 46.3 Å². The minimum atomic E-state index is 1.07. The van der Waals surface area contributed by atoms with Crippen molar-refractivity contribution in [2.24, 2.45) is 0 Å². The molecule has 0 fully saturated rings. The number of rotatable bonds is 2. The van der Waals surface area contributed by atoms with Crippen molar-refractivity contribution in [1.82, 2.24) is 4.98 Å². The maximum atomic E-state index is 4.71. The van der Waals surface area contributed by atoms with Gasteiger partial charge in [0.2, 0.25) is 0 Å². The average molecular weight is 336 g/mol. The molecule has 0 unspecified atom stereocenters. The Balaban J connectivity index is 1.99. The van der Waals surface area contributed by atoms with Crippen LogP contribution >= 0.6 is 38.6 Å². The Kier molecular flexibility index (Phi) is 3.33. The zero-order valence-corrected chi connectivity index (χ0v) is 12.9. The number of thiophene rings is 1. The minimum absolute atomic E-state index is 1.07. The lowest BCUT2D eigenvalue weighted by molar-refractivity contribution is 1.42. The van der Waals surface area contributed by atoms with Gasteiger partial charge in [-0.15, -0.1) is 22.7 Å². The van der Waals surface area contributed by atoms with Crippen molar-refractivity contribution in [3.8, 4) is 21.1 Å². The van der Waals surface area contributed by atoms with Crippen molar-refractivity contribution in [2.75, 3.05) is 0 Å². The van der Waals surface area contributed by atoms with Crippen molar-refractivity contribution in [1.29, 1.82) is 0 Å². The summed E-state index contributed by atoms with van der Waals surface area (Å²) in [6.07, 6.45) is 0. The molecule has 3 rings (SSSR count). The van der Waals surface area contributed by atoms with Crippen molar-refractivity contribution in [3.05, 3.63) is 51.1 Å². The van der Waals surface area contributed by atoms with Crippen LogP contribution in [0, 0.1) is 6.92 Å². The maximum absolute atomic E-state index is 4.71. The summed E-state index contributed by atoms with van der Waals surface area (Å²) in [5.41, 5.74) is 2.24. The molecule has 90 valence electrons. The van der Waals surface area contributed by atoms with Gasteiger partial charge in [-0.2, -0.15) is 0 Å². The van der Waals surface area contributed by atoms with Gasteiger partial charge in [0.25, 0.3) is 0 Å². The van der Waals surface area contributed by atoms with E-state index in [2.05, 4.69) is 52.5 Å². The third kappa shape index (κ3) is 2.41. The number of halogens is 1. The Morgan fingerprint density at radius 1 is 1.17 bits per heavy atom. The van der Waals surface area contributed by atoms with Gasteiger partial charge in [0, 0.05) is 20.3 Å². The van der Waals surface area contributed by atoms with Gasteiger partial charge in [0.15, 0.2) is 0 Å². The van der Waals surface area contributed by atoms with E-state index in [-0.39, 0.29) is 0 Å². The molecule has 2 heterocycles. The fraction of sp³-hybridized carbons (Fsp3) is 0.0714. The normalized spacial score (nSPS) is 10.8. The van der Waals surface area contributed by atoms with E-state index in [9.17, 15) is 0 Å². The molecule has 0 atom stereocenters. The van der Waals surface area contributed by atoms with E-state index in [0.717, 1.165) is 20.7 Å². The molecule has 18 heavy (non-hydrogen) atoms. The number of hydrogen-bond donors (Lipinski definition) is 0. The summed E-state index contributed by atoms with van der Waals surface area (Å²) in [7, 11) is 0. The molecule has 0 saturated heterocycles. The number of aromatic nitrogens is 1. The molecule has 3 aromatic rings. The molecule has 0 amide bonds. The van der Waals surface area contributed by atoms with Gasteiger partial charge in [-0.25, -0.2) is 4.98 Å². The summed E-state index contributed by atoms with van der Waals surface area (Å²) in [4.78, 5) is 7.28. The molecule has 4 heteroatoms. The lowest BCUT2D eigenvalue weighted by atomic mass is 10.2. The smallest absolute Gasteiger partial charge is 0.124 e. The summed E-state index contributed by atoms with van der Waals surface area (Å²) >= 11 is 6.97. The first-order valence-electron chi connectivity index (χ1n) is 5.50. The van der Waals surface area contributed by atoms with Crippen LogP contribution in [0.3, 0.4) is 0 Å². The molecule has 0 spiro atoms. The van der Waals surface area contributed by atoms with Crippen molar-refractivity contribution < 1.29 is 0 Å². The van der Waals surface area contributed by atoms with Crippen molar-refractivity contribution in [2.45, 2.75) is 6.92 Å². The first-order chi connectivity index (χ1) is 8.72. The fourth-order valence-electron chi connectivity index (χ4n) is 1.71. The fourth-order valence-corrected chi connectivity index (χ4v) is 3.83. The van der Waals surface area contributed by atoms with E-state index in [1.165, 1.54) is 9.75 Å². The number of hydrogen-bond acceptors (Lipinski definition) is 3. The van der Waals surface area contributed by atoms with E-state index in [1.807, 2.05) is 12.1 Å². The van der Waals surface area contributed by atoms with Gasteiger partial charge in [-0.05, 0) is 31.2 Å². The van der Waals surface area contributed by atoms with Gasteiger partial charge < -0.3 is 0 Å². The molecule has 0 aliphatic carbocycles. The highest BCUT2D eigenvalue weighted by atomic mass is 79.9. The summed E-state index contributed by atoms with van der Waals surface area (Å²) in [6.45, 7) is 2.12. The van der Waals surface area contributed by atoms with Crippen LogP contribution < -0.4 is 0 Å². The predicted molar refractivity (Wildman–Crippen MR) is 83.3 cm³/mol. The number of nitrogens with zero attached hydrogens (tertiary/aromatic N) is 1. The Bertz CT molecular complexity index is 684. The van der Waals surface area contributed by atoms with Crippen molar-refractivity contribution >= 4 is 38.6 Å². The quantitative estimate of drug-likeness (QED) is 0.593. The second kappa shape index (κ2) is 4.96. The summed E-state index contributed by atoms with van der Waals surface area (Å²) in [5.74, 6) is 0. The third-order valence-electron chi connectivity index (χ3n) is 2.57.